The summed E-state index contributed by atoms with van der Waals surface area (Å²) in [4.78, 5) is 12.6. The maximum Gasteiger partial charge on any atom is 2.00 e. The van der Waals surface area contributed by atoms with Gasteiger partial charge >= 0.3 is 22.7 Å². The van der Waals surface area contributed by atoms with Crippen molar-refractivity contribution in [2.24, 2.45) is 5.10 Å². The third kappa shape index (κ3) is 5.42. The van der Waals surface area contributed by atoms with Crippen molar-refractivity contribution in [2.45, 2.75) is 12.5 Å². The number of para-hydroxylation sites is 2. The van der Waals surface area contributed by atoms with E-state index < -0.39 is 0 Å². The van der Waals surface area contributed by atoms with E-state index in [1.54, 1.807) is 6.07 Å². The van der Waals surface area contributed by atoms with Crippen molar-refractivity contribution in [3.63, 3.8) is 0 Å². The second kappa shape index (κ2) is 11.2. The molecule has 0 saturated heterocycles. The number of nitrogens with zero attached hydrogens (tertiary/aromatic N) is 2. The van der Waals surface area contributed by atoms with Crippen molar-refractivity contribution >= 4 is 22.4 Å². The van der Waals surface area contributed by atoms with Crippen LogP contribution in [0.1, 0.15) is 12.0 Å². The zero-order valence-corrected chi connectivity index (χ0v) is 18.9. The summed E-state index contributed by atoms with van der Waals surface area (Å²) in [5, 5.41) is 7.72. The van der Waals surface area contributed by atoms with Crippen molar-refractivity contribution in [3.8, 4) is 0 Å². The van der Waals surface area contributed by atoms with Crippen molar-refractivity contribution in [1.82, 2.24) is 0 Å². The van der Waals surface area contributed by atoms with Gasteiger partial charge in [0.2, 0.25) is 0 Å². The summed E-state index contributed by atoms with van der Waals surface area (Å²) in [6.45, 7) is 0. The summed E-state index contributed by atoms with van der Waals surface area (Å²) >= 11 is 0. The monoisotopic (exact) mass is 474 g/mol. The molecule has 1 aliphatic heterocycles. The van der Waals surface area contributed by atoms with Gasteiger partial charge in [0.05, 0.1) is 23.0 Å². The van der Waals surface area contributed by atoms with Crippen LogP contribution in [0.3, 0.4) is 0 Å². The standard InChI is InChI=1S/C23H17N2O2.C5H5.Fe/c26-23-19(14-17-10-6-7-13-22(17)27-23)20-15-21(16-8-4-5-9-16)25(24-20)18-11-2-1-3-12-18;1-2-4-5-3-1;/h1-14,21H,15H2;1-5H;/q;;+2. The number of hydrogen-bond donors (Lipinski definition) is 0. The van der Waals surface area contributed by atoms with Gasteiger partial charge < -0.3 is 4.42 Å². The van der Waals surface area contributed by atoms with Gasteiger partial charge in [-0.1, -0.05) is 36.4 Å². The molecular formula is C28H22FeN2O2+2. The molecule has 0 N–H and O–H groups in total. The van der Waals surface area contributed by atoms with Gasteiger partial charge in [0.1, 0.15) is 5.58 Å². The van der Waals surface area contributed by atoms with E-state index in [1.807, 2.05) is 105 Å². The van der Waals surface area contributed by atoms with Crippen molar-refractivity contribution in [2.75, 3.05) is 5.01 Å². The van der Waals surface area contributed by atoms with Gasteiger partial charge in [0, 0.05) is 17.7 Å². The molecule has 2 heterocycles. The molecule has 33 heavy (non-hydrogen) atoms. The number of anilines is 1. The Balaban J connectivity index is 0.000000385. The van der Waals surface area contributed by atoms with E-state index in [9.17, 15) is 4.79 Å². The smallest absolute Gasteiger partial charge is 0.422 e. The fourth-order valence-electron chi connectivity index (χ4n) is 3.95. The van der Waals surface area contributed by atoms with Crippen molar-refractivity contribution < 1.29 is 21.5 Å². The molecule has 0 bridgehead atoms. The summed E-state index contributed by atoms with van der Waals surface area (Å²) in [7, 11) is 0. The van der Waals surface area contributed by atoms with Crippen LogP contribution in [0.2, 0.25) is 0 Å². The molecule has 1 unspecified atom stereocenters. The zero-order chi connectivity index (χ0) is 21.8. The minimum absolute atomic E-state index is 0. The predicted molar refractivity (Wildman–Crippen MR) is 128 cm³/mol. The van der Waals surface area contributed by atoms with E-state index in [1.165, 1.54) is 5.92 Å². The molecule has 6 rings (SSSR count). The fourth-order valence-corrected chi connectivity index (χ4v) is 3.95. The van der Waals surface area contributed by atoms with Crippen molar-refractivity contribution in [3.05, 3.63) is 140 Å². The maximum absolute atomic E-state index is 12.6. The fraction of sp³-hybridized carbons (Fsp3) is 0.0714. The van der Waals surface area contributed by atoms with Crippen LogP contribution in [0.15, 0.2) is 75.0 Å². The summed E-state index contributed by atoms with van der Waals surface area (Å²) < 4.78 is 5.52. The van der Waals surface area contributed by atoms with Crippen LogP contribution >= 0.6 is 0 Å². The molecular weight excluding hydrogens is 452 g/mol. The maximum atomic E-state index is 12.6. The third-order valence-corrected chi connectivity index (χ3v) is 5.51. The van der Waals surface area contributed by atoms with E-state index in [-0.39, 0.29) is 28.7 Å². The molecule has 3 aromatic rings. The SMILES string of the molecule is O=c1oc2ccccc2cc1C1=NN(c2ccccc2)C([C]2[CH][CH][CH][CH]2)C1.[CH]1[CH][CH][CH][CH]1.[Fe+2]. The Labute approximate surface area is 206 Å². The number of benzene rings is 2. The van der Waals surface area contributed by atoms with Crippen LogP contribution in [0.5, 0.6) is 0 Å². The summed E-state index contributed by atoms with van der Waals surface area (Å²) in [6.07, 6.45) is 18.9. The molecule has 1 atom stereocenters. The Morgan fingerprint density at radius 2 is 1.45 bits per heavy atom. The van der Waals surface area contributed by atoms with Gasteiger partial charge in [-0.2, -0.15) is 5.10 Å². The molecule has 0 spiro atoms. The Morgan fingerprint density at radius 1 is 0.818 bits per heavy atom. The van der Waals surface area contributed by atoms with Crippen LogP contribution < -0.4 is 10.6 Å². The van der Waals surface area contributed by atoms with Crippen LogP contribution in [0.25, 0.3) is 11.0 Å². The van der Waals surface area contributed by atoms with E-state index in [4.69, 9.17) is 9.52 Å². The number of rotatable bonds is 3. The van der Waals surface area contributed by atoms with E-state index in [0.717, 1.165) is 16.8 Å². The molecule has 2 fully saturated rings. The summed E-state index contributed by atoms with van der Waals surface area (Å²) in [5.74, 6) is 1.18. The number of hydrogen-bond acceptors (Lipinski definition) is 4. The minimum atomic E-state index is -0.344. The molecule has 2 aliphatic carbocycles. The molecule has 4 nitrogen and oxygen atoms in total. The van der Waals surface area contributed by atoms with E-state index >= 15 is 0 Å². The molecule has 3 aliphatic rings. The summed E-state index contributed by atoms with van der Waals surface area (Å²) in [5.41, 5.74) is 2.54. The van der Waals surface area contributed by atoms with Gasteiger partial charge in [-0.15, -0.1) is 0 Å². The van der Waals surface area contributed by atoms with Gasteiger partial charge in [-0.25, -0.2) is 4.79 Å². The normalized spacial score (nSPS) is 20.3. The van der Waals surface area contributed by atoms with Gasteiger partial charge in [0.15, 0.2) is 0 Å². The van der Waals surface area contributed by atoms with Crippen LogP contribution in [0, 0.1) is 63.7 Å². The van der Waals surface area contributed by atoms with E-state index in [0.29, 0.717) is 17.6 Å². The Kier molecular flexibility index (Phi) is 8.06. The van der Waals surface area contributed by atoms with E-state index in [2.05, 4.69) is 12.8 Å². The Morgan fingerprint density at radius 3 is 2.15 bits per heavy atom. The first-order valence-electron chi connectivity index (χ1n) is 10.6. The topological polar surface area (TPSA) is 45.8 Å². The second-order valence-corrected chi connectivity index (χ2v) is 7.61. The number of hydrazone groups is 1. The average Bonchev–Trinajstić information content (AvgIpc) is 3.62. The molecule has 2 saturated carbocycles. The first kappa shape index (κ1) is 23.8. The summed E-state index contributed by atoms with van der Waals surface area (Å²) in [6, 6.07) is 19.5. The molecule has 0 amide bonds. The first-order chi connectivity index (χ1) is 15.8. The molecule has 162 valence electrons. The van der Waals surface area contributed by atoms with Crippen LogP contribution in [-0.2, 0) is 17.1 Å². The molecule has 5 heteroatoms. The van der Waals surface area contributed by atoms with Crippen molar-refractivity contribution in [1.29, 1.82) is 0 Å². The third-order valence-electron chi connectivity index (χ3n) is 5.51. The predicted octanol–water partition coefficient (Wildman–Crippen LogP) is 5.20. The quantitative estimate of drug-likeness (QED) is 0.387. The van der Waals surface area contributed by atoms with Gasteiger partial charge in [0.25, 0.3) is 0 Å². The van der Waals surface area contributed by atoms with Gasteiger partial charge in [-0.3, -0.25) is 5.01 Å². The second-order valence-electron chi connectivity index (χ2n) is 7.61. The van der Waals surface area contributed by atoms with Crippen LogP contribution in [0.4, 0.5) is 5.69 Å². The molecule has 2 aromatic carbocycles. The molecule has 10 radical (unpaired) electrons. The zero-order valence-electron chi connectivity index (χ0n) is 17.8. The minimum Gasteiger partial charge on any atom is -0.422 e. The Hall–Kier alpha value is -2.36. The average molecular weight is 474 g/mol. The molecule has 1 aromatic heterocycles. The largest absolute Gasteiger partial charge is 2.00 e. The van der Waals surface area contributed by atoms with Crippen LogP contribution in [-0.4, -0.2) is 11.8 Å². The number of fused-ring (bicyclic) bond motifs is 1. The first-order valence-corrected chi connectivity index (χ1v) is 10.6. The van der Waals surface area contributed by atoms with Gasteiger partial charge in [-0.05, 0) is 82.1 Å². The Bertz CT molecular complexity index is 1120.